The Hall–Kier alpha value is -0.0800. The molecule has 0 amide bonds. The highest BCUT2D eigenvalue weighted by molar-refractivity contribution is 4.71. The Morgan fingerprint density at radius 2 is 2.00 bits per heavy atom. The van der Waals surface area contributed by atoms with Crippen LogP contribution in [0.1, 0.15) is 40.0 Å². The topological polar surface area (TPSA) is 23.5 Å². The molecule has 1 N–H and O–H groups in total. The van der Waals surface area contributed by atoms with Gasteiger partial charge in [0.05, 0.1) is 6.61 Å². The third-order valence-electron chi connectivity index (χ3n) is 2.33. The van der Waals surface area contributed by atoms with Crippen LogP contribution in [-0.2, 0) is 0 Å². The first-order valence-corrected chi connectivity index (χ1v) is 5.19. The number of rotatable bonds is 2. The molecule has 0 radical (unpaired) electrons. The predicted molar refractivity (Wildman–Crippen MR) is 53.3 cm³/mol. The van der Waals surface area contributed by atoms with E-state index in [-0.39, 0.29) is 0 Å². The van der Waals surface area contributed by atoms with Gasteiger partial charge in [-0.3, -0.25) is 4.90 Å². The lowest BCUT2D eigenvalue weighted by molar-refractivity contribution is 0.126. The first kappa shape index (κ1) is 11.9. The Balaban J connectivity index is 0.000000561. The van der Waals surface area contributed by atoms with Gasteiger partial charge >= 0.3 is 0 Å². The van der Waals surface area contributed by atoms with Gasteiger partial charge < -0.3 is 5.11 Å². The molecule has 74 valence electrons. The second-order valence-corrected chi connectivity index (χ2v) is 3.10. The Bertz CT molecular complexity index is 93.8. The number of aliphatic hydroxyl groups is 1. The van der Waals surface area contributed by atoms with Gasteiger partial charge in [0.1, 0.15) is 0 Å². The maximum Gasteiger partial charge on any atom is 0.0558 e. The van der Waals surface area contributed by atoms with E-state index in [4.69, 9.17) is 5.11 Å². The van der Waals surface area contributed by atoms with Crippen LogP contribution in [0.25, 0.3) is 0 Å². The largest absolute Gasteiger partial charge is 0.395 e. The summed E-state index contributed by atoms with van der Waals surface area (Å²) in [6.07, 6.45) is 3.98. The van der Waals surface area contributed by atoms with Crippen molar-refractivity contribution in [3.63, 3.8) is 0 Å². The van der Waals surface area contributed by atoms with Crippen LogP contribution in [0, 0.1) is 0 Å². The van der Waals surface area contributed by atoms with Crippen LogP contribution in [0.15, 0.2) is 0 Å². The molecule has 1 fully saturated rings. The summed E-state index contributed by atoms with van der Waals surface area (Å²) in [5.41, 5.74) is 0. The second-order valence-electron chi connectivity index (χ2n) is 3.10. The number of hydrogen-bond acceptors (Lipinski definition) is 2. The van der Waals surface area contributed by atoms with E-state index in [2.05, 4.69) is 11.8 Å². The maximum absolute atomic E-state index is 8.69. The van der Waals surface area contributed by atoms with Crippen LogP contribution in [0.2, 0.25) is 0 Å². The summed E-state index contributed by atoms with van der Waals surface area (Å²) in [6.45, 7) is 8.60. The van der Waals surface area contributed by atoms with Gasteiger partial charge in [-0.1, -0.05) is 20.3 Å². The van der Waals surface area contributed by atoms with E-state index >= 15 is 0 Å². The molecule has 1 heterocycles. The predicted octanol–water partition coefficient (Wildman–Crippen LogP) is 1.88. The number of β-amino-alcohol motifs (C(OH)–C–C–N with tert-alkyl or cyclic N) is 1. The van der Waals surface area contributed by atoms with Crippen molar-refractivity contribution in [3.05, 3.63) is 0 Å². The summed E-state index contributed by atoms with van der Waals surface area (Å²) >= 11 is 0. The molecule has 0 aliphatic carbocycles. The summed E-state index contributed by atoms with van der Waals surface area (Å²) in [4.78, 5) is 2.36. The summed E-state index contributed by atoms with van der Waals surface area (Å²) in [6, 6.07) is 0.695. The summed E-state index contributed by atoms with van der Waals surface area (Å²) in [5.74, 6) is 0. The maximum atomic E-state index is 8.69. The zero-order valence-corrected chi connectivity index (χ0v) is 8.71. The minimum atomic E-state index is 0.310. The van der Waals surface area contributed by atoms with Crippen molar-refractivity contribution in [2.45, 2.75) is 46.1 Å². The van der Waals surface area contributed by atoms with Crippen molar-refractivity contribution in [1.29, 1.82) is 0 Å². The lowest BCUT2D eigenvalue weighted by Gasteiger charge is -2.32. The van der Waals surface area contributed by atoms with Crippen LogP contribution < -0.4 is 0 Å². The van der Waals surface area contributed by atoms with Crippen molar-refractivity contribution in [3.8, 4) is 0 Å². The smallest absolute Gasteiger partial charge is 0.0558 e. The second kappa shape index (κ2) is 7.56. The Labute approximate surface area is 76.6 Å². The molecule has 1 atom stereocenters. The number of aliphatic hydroxyl groups excluding tert-OH is 1. The van der Waals surface area contributed by atoms with Crippen LogP contribution in [0.3, 0.4) is 0 Å². The highest BCUT2D eigenvalue weighted by Gasteiger charge is 2.16. The molecular formula is C10H23NO. The fraction of sp³-hybridized carbons (Fsp3) is 1.00. The Kier molecular flexibility index (Phi) is 7.51. The normalized spacial score (nSPS) is 24.5. The highest BCUT2D eigenvalue weighted by Crippen LogP contribution is 2.14. The molecule has 1 aliphatic rings. The first-order valence-electron chi connectivity index (χ1n) is 5.19. The molecule has 0 aromatic carbocycles. The molecule has 0 spiro atoms. The molecular weight excluding hydrogens is 150 g/mol. The third-order valence-corrected chi connectivity index (χ3v) is 2.33. The molecule has 12 heavy (non-hydrogen) atoms. The van der Waals surface area contributed by atoms with Gasteiger partial charge in [0.2, 0.25) is 0 Å². The number of nitrogens with zero attached hydrogens (tertiary/aromatic N) is 1. The van der Waals surface area contributed by atoms with E-state index < -0.39 is 0 Å². The van der Waals surface area contributed by atoms with Crippen molar-refractivity contribution >= 4 is 0 Å². The van der Waals surface area contributed by atoms with Crippen LogP contribution in [0.5, 0.6) is 0 Å². The van der Waals surface area contributed by atoms with Crippen molar-refractivity contribution < 1.29 is 5.11 Å². The van der Waals surface area contributed by atoms with Crippen molar-refractivity contribution in [1.82, 2.24) is 4.90 Å². The van der Waals surface area contributed by atoms with Crippen molar-refractivity contribution in [2.24, 2.45) is 0 Å². The molecule has 1 saturated heterocycles. The number of hydrogen-bond donors (Lipinski definition) is 1. The third kappa shape index (κ3) is 4.07. The molecule has 0 aromatic heterocycles. The highest BCUT2D eigenvalue weighted by atomic mass is 16.3. The van der Waals surface area contributed by atoms with Crippen LogP contribution >= 0.6 is 0 Å². The van der Waals surface area contributed by atoms with Crippen LogP contribution in [-0.4, -0.2) is 35.7 Å². The molecule has 2 nitrogen and oxygen atoms in total. The van der Waals surface area contributed by atoms with Gasteiger partial charge in [-0.15, -0.1) is 0 Å². The summed E-state index contributed by atoms with van der Waals surface area (Å²) < 4.78 is 0. The zero-order chi connectivity index (χ0) is 9.40. The molecule has 1 aliphatic heterocycles. The molecule has 0 bridgehead atoms. The summed E-state index contributed by atoms with van der Waals surface area (Å²) in [5, 5.41) is 8.69. The lowest BCUT2D eigenvalue weighted by Crippen LogP contribution is -2.39. The van der Waals surface area contributed by atoms with Gasteiger partial charge in [-0.25, -0.2) is 0 Å². The van der Waals surface area contributed by atoms with E-state index in [1.807, 2.05) is 13.8 Å². The van der Waals surface area contributed by atoms with Gasteiger partial charge in [0.15, 0.2) is 0 Å². The van der Waals surface area contributed by atoms with Crippen molar-refractivity contribution in [2.75, 3.05) is 19.7 Å². The summed E-state index contributed by atoms with van der Waals surface area (Å²) in [7, 11) is 0. The minimum absolute atomic E-state index is 0.310. The van der Waals surface area contributed by atoms with E-state index in [0.29, 0.717) is 12.6 Å². The van der Waals surface area contributed by atoms with E-state index in [9.17, 15) is 0 Å². The minimum Gasteiger partial charge on any atom is -0.395 e. The molecule has 1 unspecified atom stereocenters. The lowest BCUT2D eigenvalue weighted by atomic mass is 10.0. The van der Waals surface area contributed by atoms with Crippen LogP contribution in [0.4, 0.5) is 0 Å². The average Bonchev–Trinajstić information content (AvgIpc) is 2.13. The van der Waals surface area contributed by atoms with Gasteiger partial charge in [0, 0.05) is 12.6 Å². The molecule has 0 saturated carbocycles. The molecule has 1 rings (SSSR count). The SMILES string of the molecule is CC.CC1CCCCN1CCO. The zero-order valence-electron chi connectivity index (χ0n) is 8.71. The van der Waals surface area contributed by atoms with E-state index in [0.717, 1.165) is 6.54 Å². The van der Waals surface area contributed by atoms with Gasteiger partial charge in [-0.2, -0.15) is 0 Å². The number of likely N-dealkylation sites (tertiary alicyclic amines) is 1. The van der Waals surface area contributed by atoms with Gasteiger partial charge in [0.25, 0.3) is 0 Å². The monoisotopic (exact) mass is 173 g/mol. The molecule has 2 heteroatoms. The fourth-order valence-corrected chi connectivity index (χ4v) is 1.62. The average molecular weight is 173 g/mol. The van der Waals surface area contributed by atoms with Gasteiger partial charge in [-0.05, 0) is 26.3 Å². The number of piperidine rings is 1. The Morgan fingerprint density at radius 1 is 1.33 bits per heavy atom. The standard InChI is InChI=1S/C8H17NO.C2H6/c1-8-4-2-3-5-9(8)6-7-10;1-2/h8,10H,2-7H2,1H3;1-2H3. The van der Waals surface area contributed by atoms with E-state index in [1.165, 1.54) is 25.8 Å². The Morgan fingerprint density at radius 3 is 2.50 bits per heavy atom. The fourth-order valence-electron chi connectivity index (χ4n) is 1.62. The van der Waals surface area contributed by atoms with E-state index in [1.54, 1.807) is 0 Å². The first-order chi connectivity index (χ1) is 5.84. The quantitative estimate of drug-likeness (QED) is 0.689. The molecule has 0 aromatic rings.